The van der Waals surface area contributed by atoms with Crippen molar-refractivity contribution < 1.29 is 27.1 Å². The zero-order chi connectivity index (χ0) is 28.7. The Morgan fingerprint density at radius 3 is 2.15 bits per heavy atom. The number of ether oxygens (including phenoxy) is 1. The van der Waals surface area contributed by atoms with Crippen molar-refractivity contribution in [1.29, 1.82) is 0 Å². The predicted molar refractivity (Wildman–Crippen MR) is 151 cm³/mol. The third-order valence-electron chi connectivity index (χ3n) is 6.14. The third kappa shape index (κ3) is 6.65. The van der Waals surface area contributed by atoms with Crippen LogP contribution in [0.25, 0.3) is 0 Å². The summed E-state index contributed by atoms with van der Waals surface area (Å²) in [6, 6.07) is 26.0. The van der Waals surface area contributed by atoms with Crippen molar-refractivity contribution in [2.75, 3.05) is 23.3 Å². The molecule has 4 aromatic carbocycles. The number of sulfonamides is 1. The van der Waals surface area contributed by atoms with Crippen LogP contribution in [0.15, 0.2) is 108 Å². The van der Waals surface area contributed by atoms with Crippen molar-refractivity contribution in [3.63, 3.8) is 0 Å². The van der Waals surface area contributed by atoms with Crippen LogP contribution in [0.5, 0.6) is 5.75 Å². The lowest BCUT2D eigenvalue weighted by atomic mass is 10.1. The molecule has 1 unspecified atom stereocenters. The maximum absolute atomic E-state index is 13.6. The van der Waals surface area contributed by atoms with Gasteiger partial charge in [0.2, 0.25) is 5.91 Å². The molecule has 206 valence electrons. The third-order valence-corrected chi connectivity index (χ3v) is 7.93. The zero-order valence-electron chi connectivity index (χ0n) is 21.9. The van der Waals surface area contributed by atoms with Crippen LogP contribution in [0.3, 0.4) is 0 Å². The summed E-state index contributed by atoms with van der Waals surface area (Å²) in [7, 11) is -2.78. The van der Waals surface area contributed by atoms with Crippen LogP contribution in [0, 0.1) is 5.82 Å². The van der Waals surface area contributed by atoms with Gasteiger partial charge in [-0.25, -0.2) is 12.8 Å². The fourth-order valence-corrected chi connectivity index (χ4v) is 5.43. The highest BCUT2D eigenvalue weighted by atomic mass is 32.2. The van der Waals surface area contributed by atoms with Gasteiger partial charge in [0.15, 0.2) is 0 Å². The number of nitrogens with one attached hydrogen (secondary N) is 2. The number of carbonyl (C=O) groups is 2. The van der Waals surface area contributed by atoms with Crippen molar-refractivity contribution >= 4 is 33.2 Å². The van der Waals surface area contributed by atoms with Gasteiger partial charge in [0.05, 0.1) is 35.0 Å². The van der Waals surface area contributed by atoms with Gasteiger partial charge in [-0.1, -0.05) is 42.5 Å². The number of hydrogen-bond acceptors (Lipinski definition) is 5. The van der Waals surface area contributed by atoms with E-state index in [1.807, 2.05) is 37.3 Å². The second kappa shape index (κ2) is 12.4. The van der Waals surface area contributed by atoms with E-state index in [2.05, 4.69) is 10.6 Å². The maximum atomic E-state index is 13.6. The number of anilines is 2. The lowest BCUT2D eigenvalue weighted by Crippen LogP contribution is -2.38. The highest BCUT2D eigenvalue weighted by molar-refractivity contribution is 7.92. The van der Waals surface area contributed by atoms with Crippen molar-refractivity contribution in [2.45, 2.75) is 17.9 Å². The molecule has 0 aliphatic carbocycles. The number of methoxy groups -OCH3 is 1. The molecule has 0 heterocycles. The van der Waals surface area contributed by atoms with E-state index >= 15 is 0 Å². The molecule has 40 heavy (non-hydrogen) atoms. The van der Waals surface area contributed by atoms with Gasteiger partial charge in [-0.3, -0.25) is 13.9 Å². The zero-order valence-corrected chi connectivity index (χ0v) is 22.7. The van der Waals surface area contributed by atoms with Crippen LogP contribution in [-0.2, 0) is 14.8 Å². The Balaban J connectivity index is 1.58. The number of amides is 2. The molecule has 0 radical (unpaired) electrons. The molecular formula is C30H28FN3O5S. The summed E-state index contributed by atoms with van der Waals surface area (Å²) in [6.45, 7) is 1.22. The van der Waals surface area contributed by atoms with E-state index in [0.29, 0.717) is 5.75 Å². The van der Waals surface area contributed by atoms with Gasteiger partial charge >= 0.3 is 0 Å². The Bertz CT molecular complexity index is 1580. The van der Waals surface area contributed by atoms with Crippen LogP contribution < -0.4 is 19.7 Å². The van der Waals surface area contributed by atoms with Crippen molar-refractivity contribution in [3.05, 3.63) is 120 Å². The molecule has 0 fully saturated rings. The lowest BCUT2D eigenvalue weighted by Gasteiger charge is -2.24. The highest BCUT2D eigenvalue weighted by Crippen LogP contribution is 2.26. The van der Waals surface area contributed by atoms with E-state index in [1.54, 1.807) is 24.3 Å². The summed E-state index contributed by atoms with van der Waals surface area (Å²) in [5, 5.41) is 5.57. The second-order valence-corrected chi connectivity index (χ2v) is 10.7. The topological polar surface area (TPSA) is 105 Å². The molecule has 10 heteroatoms. The van der Waals surface area contributed by atoms with Gasteiger partial charge < -0.3 is 15.4 Å². The van der Waals surface area contributed by atoms with Gasteiger partial charge in [0.1, 0.15) is 18.1 Å². The van der Waals surface area contributed by atoms with Crippen molar-refractivity contribution in [1.82, 2.24) is 5.32 Å². The summed E-state index contributed by atoms with van der Waals surface area (Å²) >= 11 is 0. The number of benzene rings is 4. The number of rotatable bonds is 10. The Morgan fingerprint density at radius 1 is 0.875 bits per heavy atom. The molecule has 1 atom stereocenters. The molecule has 0 bridgehead atoms. The Morgan fingerprint density at radius 2 is 1.50 bits per heavy atom. The molecule has 8 nitrogen and oxygen atoms in total. The minimum atomic E-state index is -4.24. The normalized spacial score (nSPS) is 11.8. The van der Waals surface area contributed by atoms with Gasteiger partial charge in [-0.15, -0.1) is 0 Å². The van der Waals surface area contributed by atoms with Crippen LogP contribution in [-0.4, -0.2) is 33.9 Å². The first kappa shape index (κ1) is 28.3. The van der Waals surface area contributed by atoms with Crippen molar-refractivity contribution in [2.24, 2.45) is 0 Å². The smallest absolute Gasteiger partial charge is 0.264 e. The lowest BCUT2D eigenvalue weighted by molar-refractivity contribution is -0.114. The summed E-state index contributed by atoms with van der Waals surface area (Å²) < 4.78 is 46.8. The molecule has 0 aliphatic heterocycles. The van der Waals surface area contributed by atoms with Crippen LogP contribution in [0.4, 0.5) is 15.8 Å². The van der Waals surface area contributed by atoms with E-state index in [9.17, 15) is 22.4 Å². The van der Waals surface area contributed by atoms with E-state index in [1.165, 1.54) is 43.5 Å². The largest absolute Gasteiger partial charge is 0.497 e. The van der Waals surface area contributed by atoms with Gasteiger partial charge in [0.25, 0.3) is 15.9 Å². The Kier molecular flexibility index (Phi) is 8.80. The quantitative estimate of drug-likeness (QED) is 0.278. The number of hydrogen-bond donors (Lipinski definition) is 2. The molecule has 2 N–H and O–H groups in total. The van der Waals surface area contributed by atoms with Crippen molar-refractivity contribution in [3.8, 4) is 5.75 Å². The fourth-order valence-electron chi connectivity index (χ4n) is 4.01. The molecule has 4 aromatic rings. The van der Waals surface area contributed by atoms with Crippen LogP contribution in [0.2, 0.25) is 0 Å². The fraction of sp³-hybridized carbons (Fsp3) is 0.133. The van der Waals surface area contributed by atoms with Gasteiger partial charge in [-0.2, -0.15) is 0 Å². The van der Waals surface area contributed by atoms with Gasteiger partial charge in [-0.05, 0) is 73.2 Å². The predicted octanol–water partition coefficient (Wildman–Crippen LogP) is 5.16. The second-order valence-electron chi connectivity index (χ2n) is 8.86. The first-order valence-electron chi connectivity index (χ1n) is 12.4. The molecule has 0 spiro atoms. The molecule has 0 aliphatic rings. The molecule has 2 amide bonds. The van der Waals surface area contributed by atoms with E-state index < -0.39 is 34.2 Å². The number of nitrogens with zero attached hydrogens (tertiary/aromatic N) is 1. The maximum Gasteiger partial charge on any atom is 0.264 e. The van der Waals surface area contributed by atoms with E-state index in [-0.39, 0.29) is 27.9 Å². The average Bonchev–Trinajstić information content (AvgIpc) is 2.97. The summed E-state index contributed by atoms with van der Waals surface area (Å²) in [5.74, 6) is -1.20. The summed E-state index contributed by atoms with van der Waals surface area (Å²) in [4.78, 5) is 26.2. The van der Waals surface area contributed by atoms with Gasteiger partial charge in [0, 0.05) is 0 Å². The summed E-state index contributed by atoms with van der Waals surface area (Å²) in [5.41, 5.74) is 1.43. The Labute approximate surface area is 232 Å². The summed E-state index contributed by atoms with van der Waals surface area (Å²) in [6.07, 6.45) is 0. The van der Waals surface area contributed by atoms with E-state index in [4.69, 9.17) is 4.74 Å². The number of halogens is 1. The number of carbonyl (C=O) groups excluding carboxylic acids is 2. The minimum absolute atomic E-state index is 0.0832. The average molecular weight is 562 g/mol. The molecule has 4 rings (SSSR count). The Hall–Kier alpha value is -4.70. The highest BCUT2D eigenvalue weighted by Gasteiger charge is 2.28. The monoisotopic (exact) mass is 561 g/mol. The first-order chi connectivity index (χ1) is 19.2. The minimum Gasteiger partial charge on any atom is -0.497 e. The number of para-hydroxylation sites is 1. The SMILES string of the molecule is COc1ccc(S(=O)(=O)N(CC(=O)Nc2ccccc2C(=O)NC(C)c2ccccc2)c2ccc(F)cc2)cc1. The standard InChI is InChI=1S/C30H28FN3O5S/c1-21(22-8-4-3-5-9-22)32-30(36)27-10-6-7-11-28(27)33-29(35)20-34(24-14-12-23(31)13-15-24)40(37,38)26-18-16-25(39-2)17-19-26/h3-19,21H,20H2,1-2H3,(H,32,36)(H,33,35). The van der Waals surface area contributed by atoms with E-state index in [0.717, 1.165) is 22.0 Å². The molecule has 0 aromatic heterocycles. The van der Waals surface area contributed by atoms with Crippen LogP contribution in [0.1, 0.15) is 28.9 Å². The first-order valence-corrected chi connectivity index (χ1v) is 13.8. The molecule has 0 saturated carbocycles. The molecular weight excluding hydrogens is 533 g/mol. The molecule has 0 saturated heterocycles. The van der Waals surface area contributed by atoms with Crippen LogP contribution >= 0.6 is 0 Å².